The maximum atomic E-state index is 11.3. The minimum absolute atomic E-state index is 0.268. The third kappa shape index (κ3) is 3.09. The van der Waals surface area contributed by atoms with Gasteiger partial charge in [0, 0.05) is 14.0 Å². The van der Waals surface area contributed by atoms with Gasteiger partial charge in [0.25, 0.3) is 0 Å². The molecule has 1 aromatic carbocycles. The quantitative estimate of drug-likeness (QED) is 0.891. The van der Waals surface area contributed by atoms with Crippen molar-refractivity contribution in [3.63, 3.8) is 0 Å². The Morgan fingerprint density at radius 2 is 1.56 bits per heavy atom. The number of amides is 1. The second-order valence-corrected chi connectivity index (χ2v) is 4.69. The summed E-state index contributed by atoms with van der Waals surface area (Å²) in [5, 5.41) is 9.23. The maximum absolute atomic E-state index is 11.3. The molecule has 0 heterocycles. The van der Waals surface area contributed by atoms with E-state index >= 15 is 0 Å². The molecule has 1 atom stereocenters. The number of hydrogen-bond donors (Lipinski definition) is 1. The molecule has 18 heavy (non-hydrogen) atoms. The van der Waals surface area contributed by atoms with Crippen molar-refractivity contribution in [3.8, 4) is 0 Å². The molecule has 1 aromatic rings. The van der Waals surface area contributed by atoms with Crippen LogP contribution in [0.25, 0.3) is 0 Å². The molecule has 1 unspecified atom stereocenters. The summed E-state index contributed by atoms with van der Waals surface area (Å²) < 4.78 is 0. The van der Waals surface area contributed by atoms with E-state index in [1.54, 1.807) is 12.1 Å². The Hall–Kier alpha value is -1.84. The van der Waals surface area contributed by atoms with Crippen LogP contribution in [-0.2, 0) is 9.59 Å². The molecule has 0 fully saturated rings. The van der Waals surface area contributed by atoms with Gasteiger partial charge in [-0.1, -0.05) is 38.1 Å². The van der Waals surface area contributed by atoms with Crippen molar-refractivity contribution in [3.05, 3.63) is 35.4 Å². The van der Waals surface area contributed by atoms with Crippen LogP contribution in [0.15, 0.2) is 24.3 Å². The smallest absolute Gasteiger partial charge is 0.331 e. The number of aliphatic carboxylic acids is 1. The van der Waals surface area contributed by atoms with Gasteiger partial charge in [-0.2, -0.15) is 0 Å². The van der Waals surface area contributed by atoms with Crippen LogP contribution in [0.2, 0.25) is 0 Å². The number of benzene rings is 1. The average molecular weight is 249 g/mol. The fourth-order valence-corrected chi connectivity index (χ4v) is 1.78. The highest BCUT2D eigenvalue weighted by atomic mass is 16.4. The molecule has 4 heteroatoms. The highest BCUT2D eigenvalue weighted by Crippen LogP contribution is 2.22. The molecule has 0 aliphatic rings. The zero-order chi connectivity index (χ0) is 13.9. The molecule has 0 spiro atoms. The maximum Gasteiger partial charge on any atom is 0.331 e. The van der Waals surface area contributed by atoms with Crippen LogP contribution in [0.3, 0.4) is 0 Å². The first-order chi connectivity index (χ1) is 8.34. The van der Waals surface area contributed by atoms with Gasteiger partial charge in [-0.05, 0) is 17.0 Å². The fraction of sp³-hybridized carbons (Fsp3) is 0.429. The Morgan fingerprint density at radius 3 is 1.89 bits per heavy atom. The van der Waals surface area contributed by atoms with Gasteiger partial charge >= 0.3 is 5.97 Å². The molecule has 0 saturated heterocycles. The van der Waals surface area contributed by atoms with E-state index in [0.29, 0.717) is 11.5 Å². The minimum Gasteiger partial charge on any atom is -0.479 e. The second kappa shape index (κ2) is 5.67. The summed E-state index contributed by atoms with van der Waals surface area (Å²) in [6.07, 6.45) is 0. The Morgan fingerprint density at radius 1 is 1.11 bits per heavy atom. The fourth-order valence-electron chi connectivity index (χ4n) is 1.78. The lowest BCUT2D eigenvalue weighted by Crippen LogP contribution is -2.34. The lowest BCUT2D eigenvalue weighted by atomic mass is 9.98. The van der Waals surface area contributed by atoms with Crippen LogP contribution in [-0.4, -0.2) is 28.9 Å². The number of likely N-dealkylation sites (N-methyl/N-ethyl adjacent to an activating group) is 1. The largest absolute Gasteiger partial charge is 0.479 e. The number of carboxylic acids is 1. The van der Waals surface area contributed by atoms with Crippen LogP contribution >= 0.6 is 0 Å². The van der Waals surface area contributed by atoms with Crippen LogP contribution in [0.4, 0.5) is 0 Å². The van der Waals surface area contributed by atoms with E-state index in [4.69, 9.17) is 0 Å². The van der Waals surface area contributed by atoms with Crippen LogP contribution < -0.4 is 0 Å². The molecule has 98 valence electrons. The van der Waals surface area contributed by atoms with Gasteiger partial charge in [0.1, 0.15) is 0 Å². The summed E-state index contributed by atoms with van der Waals surface area (Å²) in [7, 11) is 1.50. The normalized spacial score (nSPS) is 12.3. The van der Waals surface area contributed by atoms with Gasteiger partial charge < -0.3 is 10.0 Å². The monoisotopic (exact) mass is 249 g/mol. The van der Waals surface area contributed by atoms with Crippen molar-refractivity contribution in [1.82, 2.24) is 4.90 Å². The first-order valence-corrected chi connectivity index (χ1v) is 5.90. The molecule has 0 aliphatic carbocycles. The second-order valence-electron chi connectivity index (χ2n) is 4.69. The third-order valence-electron chi connectivity index (χ3n) is 3.04. The molecule has 1 rings (SSSR count). The molecule has 0 saturated carbocycles. The summed E-state index contributed by atoms with van der Waals surface area (Å²) in [5.41, 5.74) is 1.76. The summed E-state index contributed by atoms with van der Waals surface area (Å²) in [6.45, 7) is 5.51. The molecule has 0 aliphatic heterocycles. The van der Waals surface area contributed by atoms with Gasteiger partial charge in [-0.25, -0.2) is 4.79 Å². The summed E-state index contributed by atoms with van der Waals surface area (Å²) >= 11 is 0. The lowest BCUT2D eigenvalue weighted by molar-refractivity contribution is -0.148. The van der Waals surface area contributed by atoms with Crippen molar-refractivity contribution in [2.24, 2.45) is 0 Å². The van der Waals surface area contributed by atoms with Gasteiger partial charge in [0.05, 0.1) is 0 Å². The van der Waals surface area contributed by atoms with E-state index in [1.165, 1.54) is 18.9 Å². The topological polar surface area (TPSA) is 57.6 Å². The number of carboxylic acid groups (broad SMARTS) is 1. The Balaban J connectivity index is 3.07. The van der Waals surface area contributed by atoms with Crippen LogP contribution in [0, 0.1) is 0 Å². The first kappa shape index (κ1) is 14.2. The van der Waals surface area contributed by atoms with Crippen LogP contribution in [0.5, 0.6) is 0 Å². The third-order valence-corrected chi connectivity index (χ3v) is 3.04. The van der Waals surface area contributed by atoms with Crippen molar-refractivity contribution in [1.29, 1.82) is 0 Å². The van der Waals surface area contributed by atoms with E-state index in [9.17, 15) is 14.7 Å². The van der Waals surface area contributed by atoms with E-state index < -0.39 is 12.0 Å². The zero-order valence-electron chi connectivity index (χ0n) is 11.2. The number of carbonyl (C=O) groups is 2. The van der Waals surface area contributed by atoms with E-state index in [1.807, 2.05) is 12.1 Å². The van der Waals surface area contributed by atoms with Gasteiger partial charge in [0.15, 0.2) is 6.04 Å². The number of hydrogen-bond acceptors (Lipinski definition) is 2. The standard InChI is InChI=1S/C14H19NO3/c1-9(2)11-5-7-12(8-6-11)13(14(17)18)15(4)10(3)16/h5-9,13H,1-4H3,(H,17,18). The van der Waals surface area contributed by atoms with Crippen molar-refractivity contribution in [2.45, 2.75) is 32.7 Å². The lowest BCUT2D eigenvalue weighted by Gasteiger charge is -2.24. The average Bonchev–Trinajstić information content (AvgIpc) is 2.29. The van der Waals surface area contributed by atoms with Gasteiger partial charge in [-0.3, -0.25) is 4.79 Å². The number of nitrogens with zero attached hydrogens (tertiary/aromatic N) is 1. The van der Waals surface area contributed by atoms with E-state index in [2.05, 4.69) is 13.8 Å². The predicted molar refractivity (Wildman–Crippen MR) is 69.4 cm³/mol. The minimum atomic E-state index is -1.02. The van der Waals surface area contributed by atoms with Crippen molar-refractivity contribution < 1.29 is 14.7 Å². The molecule has 1 N–H and O–H groups in total. The predicted octanol–water partition coefficient (Wildman–Crippen LogP) is 2.41. The summed E-state index contributed by atoms with van der Waals surface area (Å²) in [6, 6.07) is 6.43. The van der Waals surface area contributed by atoms with Gasteiger partial charge in [0.2, 0.25) is 5.91 Å². The van der Waals surface area contributed by atoms with Crippen LogP contribution in [0.1, 0.15) is 43.9 Å². The Labute approximate surface area is 107 Å². The highest BCUT2D eigenvalue weighted by molar-refractivity contribution is 5.83. The molecular formula is C14H19NO3. The van der Waals surface area contributed by atoms with Crippen molar-refractivity contribution in [2.75, 3.05) is 7.05 Å². The molecule has 0 radical (unpaired) electrons. The zero-order valence-corrected chi connectivity index (χ0v) is 11.2. The number of rotatable bonds is 4. The SMILES string of the molecule is CC(=O)N(C)C(C(=O)O)c1ccc(C(C)C)cc1. The molecule has 1 amide bonds. The molecular weight excluding hydrogens is 230 g/mol. The highest BCUT2D eigenvalue weighted by Gasteiger charge is 2.26. The van der Waals surface area contributed by atoms with Crippen molar-refractivity contribution >= 4 is 11.9 Å². The molecule has 0 bridgehead atoms. The molecule has 4 nitrogen and oxygen atoms in total. The van der Waals surface area contributed by atoms with E-state index in [-0.39, 0.29) is 5.91 Å². The first-order valence-electron chi connectivity index (χ1n) is 5.90. The Bertz CT molecular complexity index is 437. The van der Waals surface area contributed by atoms with E-state index in [0.717, 1.165) is 5.56 Å². The Kier molecular flexibility index (Phi) is 4.48. The summed E-state index contributed by atoms with van der Waals surface area (Å²) in [5.74, 6) is -0.895. The molecule has 0 aromatic heterocycles. The van der Waals surface area contributed by atoms with Gasteiger partial charge in [-0.15, -0.1) is 0 Å². The number of carbonyl (C=O) groups excluding carboxylic acids is 1. The summed E-state index contributed by atoms with van der Waals surface area (Å²) in [4.78, 5) is 23.8.